The molecular formula is C22H22BrClN4. The van der Waals surface area contributed by atoms with Gasteiger partial charge in [0, 0.05) is 40.3 Å². The highest BCUT2D eigenvalue weighted by molar-refractivity contribution is 9.10. The maximum Gasteiger partial charge on any atom is 0.136 e. The second-order valence-electron chi connectivity index (χ2n) is 7.34. The lowest BCUT2D eigenvalue weighted by Crippen LogP contribution is -2.31. The second kappa shape index (κ2) is 8.10. The summed E-state index contributed by atoms with van der Waals surface area (Å²) in [5.41, 5.74) is 3.67. The molecule has 0 amide bonds. The van der Waals surface area contributed by atoms with Gasteiger partial charge in [-0.3, -0.25) is 0 Å². The molecule has 0 spiro atoms. The summed E-state index contributed by atoms with van der Waals surface area (Å²) in [7, 11) is 0. The highest BCUT2D eigenvalue weighted by atomic mass is 79.9. The van der Waals surface area contributed by atoms with Crippen LogP contribution in [0.15, 0.2) is 53.0 Å². The number of fused-ring (bicyclic) bond motifs is 1. The van der Waals surface area contributed by atoms with Crippen LogP contribution in [0, 0.1) is 0 Å². The van der Waals surface area contributed by atoms with Gasteiger partial charge in [0.05, 0.1) is 0 Å². The quantitative estimate of drug-likeness (QED) is 0.497. The number of rotatable bonds is 4. The van der Waals surface area contributed by atoms with E-state index in [1.165, 1.54) is 11.1 Å². The minimum absolute atomic E-state index is 0.243. The van der Waals surface area contributed by atoms with Crippen molar-refractivity contribution >= 4 is 44.9 Å². The highest BCUT2D eigenvalue weighted by Gasteiger charge is 2.20. The van der Waals surface area contributed by atoms with E-state index in [1.807, 2.05) is 30.3 Å². The van der Waals surface area contributed by atoms with Crippen molar-refractivity contribution in [3.63, 3.8) is 0 Å². The SMILES string of the molecule is CC(C)c1nc(Nc2cccc(Cl)c2)cc(N2CCc3cc(Br)ccc3C2)n1. The lowest BCUT2D eigenvalue weighted by atomic mass is 10.00. The Morgan fingerprint density at radius 2 is 1.93 bits per heavy atom. The largest absolute Gasteiger partial charge is 0.352 e. The topological polar surface area (TPSA) is 41.1 Å². The van der Waals surface area contributed by atoms with Crippen molar-refractivity contribution in [1.29, 1.82) is 0 Å². The summed E-state index contributed by atoms with van der Waals surface area (Å²) in [5, 5.41) is 4.07. The zero-order valence-electron chi connectivity index (χ0n) is 15.9. The Labute approximate surface area is 179 Å². The van der Waals surface area contributed by atoms with Crippen LogP contribution < -0.4 is 10.2 Å². The van der Waals surface area contributed by atoms with Crippen LogP contribution in [0.5, 0.6) is 0 Å². The molecule has 144 valence electrons. The van der Waals surface area contributed by atoms with E-state index in [-0.39, 0.29) is 5.92 Å². The highest BCUT2D eigenvalue weighted by Crippen LogP contribution is 2.29. The van der Waals surface area contributed by atoms with Crippen molar-refractivity contribution < 1.29 is 0 Å². The van der Waals surface area contributed by atoms with Gasteiger partial charge in [-0.25, -0.2) is 9.97 Å². The van der Waals surface area contributed by atoms with Crippen molar-refractivity contribution in [2.75, 3.05) is 16.8 Å². The number of benzene rings is 2. The molecule has 28 heavy (non-hydrogen) atoms. The van der Waals surface area contributed by atoms with Gasteiger partial charge in [-0.15, -0.1) is 0 Å². The Morgan fingerprint density at radius 1 is 1.07 bits per heavy atom. The van der Waals surface area contributed by atoms with E-state index in [0.29, 0.717) is 5.02 Å². The second-order valence-corrected chi connectivity index (χ2v) is 8.70. The van der Waals surface area contributed by atoms with Gasteiger partial charge >= 0.3 is 0 Å². The van der Waals surface area contributed by atoms with Crippen LogP contribution in [0.1, 0.15) is 36.7 Å². The number of nitrogens with one attached hydrogen (secondary N) is 1. The van der Waals surface area contributed by atoms with Crippen LogP contribution in [0.4, 0.5) is 17.3 Å². The zero-order valence-corrected chi connectivity index (χ0v) is 18.3. The molecule has 1 aliphatic heterocycles. The van der Waals surface area contributed by atoms with Crippen LogP contribution in [-0.4, -0.2) is 16.5 Å². The van der Waals surface area contributed by atoms with E-state index in [4.69, 9.17) is 21.6 Å². The first kappa shape index (κ1) is 19.2. The van der Waals surface area contributed by atoms with Crippen molar-refractivity contribution in [3.05, 3.63) is 75.0 Å². The fourth-order valence-corrected chi connectivity index (χ4v) is 3.97. The smallest absolute Gasteiger partial charge is 0.136 e. The molecule has 0 saturated carbocycles. The van der Waals surface area contributed by atoms with E-state index in [1.54, 1.807) is 0 Å². The van der Waals surface area contributed by atoms with Gasteiger partial charge in [-0.2, -0.15) is 0 Å². The molecule has 1 aromatic heterocycles. The van der Waals surface area contributed by atoms with Gasteiger partial charge in [0.25, 0.3) is 0 Å². The summed E-state index contributed by atoms with van der Waals surface area (Å²) in [5.74, 6) is 2.82. The first-order valence-electron chi connectivity index (χ1n) is 9.42. The molecule has 0 fully saturated rings. The maximum atomic E-state index is 6.12. The number of nitrogens with zero attached hydrogens (tertiary/aromatic N) is 3. The molecule has 2 aromatic carbocycles. The van der Waals surface area contributed by atoms with Crippen LogP contribution in [0.3, 0.4) is 0 Å². The van der Waals surface area contributed by atoms with Crippen molar-refractivity contribution in [1.82, 2.24) is 9.97 Å². The van der Waals surface area contributed by atoms with Gasteiger partial charge < -0.3 is 10.2 Å². The van der Waals surface area contributed by atoms with E-state index in [2.05, 4.69) is 58.2 Å². The van der Waals surface area contributed by atoms with Gasteiger partial charge in [-0.1, -0.05) is 53.5 Å². The summed E-state index contributed by atoms with van der Waals surface area (Å²) in [6.07, 6.45) is 1.01. The Kier molecular flexibility index (Phi) is 5.56. The molecular weight excluding hydrogens is 436 g/mol. The molecule has 4 nitrogen and oxygen atoms in total. The maximum absolute atomic E-state index is 6.12. The molecule has 2 heterocycles. The van der Waals surface area contributed by atoms with E-state index in [9.17, 15) is 0 Å². The fraction of sp³-hybridized carbons (Fsp3) is 0.273. The molecule has 0 aliphatic carbocycles. The first-order chi connectivity index (χ1) is 13.5. The molecule has 1 aliphatic rings. The third-order valence-corrected chi connectivity index (χ3v) is 5.58. The monoisotopic (exact) mass is 456 g/mol. The van der Waals surface area contributed by atoms with Gasteiger partial charge in [0.1, 0.15) is 17.5 Å². The molecule has 1 N–H and O–H groups in total. The first-order valence-corrected chi connectivity index (χ1v) is 10.6. The normalized spacial score (nSPS) is 13.5. The van der Waals surface area contributed by atoms with Crippen molar-refractivity contribution in [2.24, 2.45) is 0 Å². The molecule has 4 rings (SSSR count). The number of hydrogen-bond acceptors (Lipinski definition) is 4. The minimum Gasteiger partial charge on any atom is -0.352 e. The fourth-order valence-electron chi connectivity index (χ4n) is 3.37. The third-order valence-electron chi connectivity index (χ3n) is 4.85. The molecule has 0 unspecified atom stereocenters. The summed E-state index contributed by atoms with van der Waals surface area (Å²) in [6.45, 7) is 6.03. The summed E-state index contributed by atoms with van der Waals surface area (Å²) in [6, 6.07) is 16.2. The minimum atomic E-state index is 0.243. The molecule has 0 bridgehead atoms. The van der Waals surface area contributed by atoms with Crippen LogP contribution in [0.2, 0.25) is 5.02 Å². The van der Waals surface area contributed by atoms with Crippen LogP contribution >= 0.6 is 27.5 Å². The standard InChI is InChI=1S/C22H22BrClN4/c1-14(2)22-26-20(25-19-5-3-4-18(24)11-19)12-21(27-22)28-9-8-15-10-17(23)7-6-16(15)13-28/h3-7,10-12,14H,8-9,13H2,1-2H3,(H,25,26,27). The lowest BCUT2D eigenvalue weighted by Gasteiger charge is -2.30. The number of halogens is 2. The summed E-state index contributed by atoms with van der Waals surface area (Å²) >= 11 is 9.69. The van der Waals surface area contributed by atoms with Gasteiger partial charge in [0.2, 0.25) is 0 Å². The van der Waals surface area contributed by atoms with E-state index >= 15 is 0 Å². The number of aromatic nitrogens is 2. The number of anilines is 3. The number of hydrogen-bond donors (Lipinski definition) is 1. The lowest BCUT2D eigenvalue weighted by molar-refractivity contribution is 0.703. The van der Waals surface area contributed by atoms with Crippen LogP contribution in [0.25, 0.3) is 0 Å². The summed E-state index contributed by atoms with van der Waals surface area (Å²) in [4.78, 5) is 11.9. The molecule has 0 saturated heterocycles. The van der Waals surface area contributed by atoms with Crippen molar-refractivity contribution in [3.8, 4) is 0 Å². The Hall–Kier alpha value is -2.11. The average Bonchev–Trinajstić information content (AvgIpc) is 2.67. The average molecular weight is 458 g/mol. The molecule has 3 aromatic rings. The van der Waals surface area contributed by atoms with Gasteiger partial charge in [0.15, 0.2) is 0 Å². The van der Waals surface area contributed by atoms with E-state index < -0.39 is 0 Å². The Balaban J connectivity index is 1.65. The molecule has 0 atom stereocenters. The predicted molar refractivity (Wildman–Crippen MR) is 120 cm³/mol. The molecule has 0 radical (unpaired) electrons. The Morgan fingerprint density at radius 3 is 2.71 bits per heavy atom. The van der Waals surface area contributed by atoms with Crippen LogP contribution in [-0.2, 0) is 13.0 Å². The van der Waals surface area contributed by atoms with Crippen molar-refractivity contribution in [2.45, 2.75) is 32.7 Å². The Bertz CT molecular complexity index is 1010. The van der Waals surface area contributed by atoms with E-state index in [0.717, 1.165) is 47.1 Å². The van der Waals surface area contributed by atoms with Gasteiger partial charge in [-0.05, 0) is 47.9 Å². The predicted octanol–water partition coefficient (Wildman–Crippen LogP) is 6.32. The third kappa shape index (κ3) is 4.31. The molecule has 6 heteroatoms. The summed E-state index contributed by atoms with van der Waals surface area (Å²) < 4.78 is 1.14. The zero-order chi connectivity index (χ0) is 19.7.